The van der Waals surface area contributed by atoms with Crippen LogP contribution in [0, 0.1) is 0 Å². The van der Waals surface area contributed by atoms with E-state index < -0.39 is 35.1 Å². The molecule has 2 aliphatic rings. The molecule has 1 aliphatic heterocycles. The van der Waals surface area contributed by atoms with Gasteiger partial charge >= 0.3 is 0 Å². The molecule has 198 valence electrons. The minimum Gasteiger partial charge on any atom is -0.389 e. The number of aromatic nitrogens is 1. The van der Waals surface area contributed by atoms with Crippen LogP contribution < -0.4 is 11.1 Å². The van der Waals surface area contributed by atoms with E-state index in [4.69, 9.17) is 5.73 Å². The van der Waals surface area contributed by atoms with Crippen molar-refractivity contribution >= 4 is 35.1 Å². The van der Waals surface area contributed by atoms with Crippen molar-refractivity contribution in [3.63, 3.8) is 0 Å². The van der Waals surface area contributed by atoms with E-state index in [1.54, 1.807) is 18.7 Å². The lowest BCUT2D eigenvalue weighted by molar-refractivity contribution is -0.139. The SMILES string of the molecule is CC(C)(N)C(=O)N[C@H](Cc1c[nH]c2ccccc12)C(=O)N1CCC2(CC1)c1ccccc1C(O)C2O.Cl. The molecule has 2 aromatic carbocycles. The predicted molar refractivity (Wildman–Crippen MR) is 144 cm³/mol. The lowest BCUT2D eigenvalue weighted by Gasteiger charge is -2.43. The Labute approximate surface area is 222 Å². The highest BCUT2D eigenvalue weighted by molar-refractivity contribution is 5.92. The summed E-state index contributed by atoms with van der Waals surface area (Å²) in [6, 6.07) is 14.7. The fourth-order valence-electron chi connectivity index (χ4n) is 5.82. The van der Waals surface area contributed by atoms with Gasteiger partial charge < -0.3 is 31.1 Å². The fourth-order valence-corrected chi connectivity index (χ4v) is 5.82. The van der Waals surface area contributed by atoms with Gasteiger partial charge in [-0.05, 0) is 49.4 Å². The first-order valence-electron chi connectivity index (χ1n) is 12.5. The van der Waals surface area contributed by atoms with E-state index in [0.29, 0.717) is 32.4 Å². The van der Waals surface area contributed by atoms with Gasteiger partial charge in [0.15, 0.2) is 0 Å². The molecule has 1 aromatic heterocycles. The Balaban J connectivity index is 0.00000320. The Morgan fingerprint density at radius 3 is 2.49 bits per heavy atom. The number of nitrogens with zero attached hydrogens (tertiary/aromatic N) is 1. The van der Waals surface area contributed by atoms with Crippen molar-refractivity contribution in [1.82, 2.24) is 15.2 Å². The van der Waals surface area contributed by atoms with Gasteiger partial charge in [-0.1, -0.05) is 42.5 Å². The number of rotatable bonds is 5. The number of carbonyl (C=O) groups excluding carboxylic acids is 2. The maximum absolute atomic E-state index is 13.8. The van der Waals surface area contributed by atoms with E-state index in [1.807, 2.05) is 54.7 Å². The highest BCUT2D eigenvalue weighted by atomic mass is 35.5. The number of carbonyl (C=O) groups is 2. The van der Waals surface area contributed by atoms with Gasteiger partial charge in [-0.2, -0.15) is 0 Å². The number of hydrogen-bond donors (Lipinski definition) is 5. The number of para-hydroxylation sites is 1. The summed E-state index contributed by atoms with van der Waals surface area (Å²) in [6.07, 6.45) is 1.43. The van der Waals surface area contributed by atoms with Crippen molar-refractivity contribution in [3.8, 4) is 0 Å². The van der Waals surface area contributed by atoms with E-state index in [9.17, 15) is 19.8 Å². The molecular formula is C28H35ClN4O4. The Hall–Kier alpha value is -2.91. The van der Waals surface area contributed by atoms with Crippen LogP contribution in [0.2, 0.25) is 0 Å². The molecule has 1 fully saturated rings. The molecule has 0 saturated carbocycles. The minimum absolute atomic E-state index is 0. The topological polar surface area (TPSA) is 132 Å². The van der Waals surface area contributed by atoms with Crippen LogP contribution in [-0.4, -0.2) is 62.7 Å². The summed E-state index contributed by atoms with van der Waals surface area (Å²) in [5.41, 5.74) is 7.96. The summed E-state index contributed by atoms with van der Waals surface area (Å²) in [6.45, 7) is 4.07. The molecule has 1 saturated heterocycles. The molecule has 1 spiro atoms. The molecule has 0 radical (unpaired) electrons. The number of fused-ring (bicyclic) bond motifs is 3. The summed E-state index contributed by atoms with van der Waals surface area (Å²) in [7, 11) is 0. The van der Waals surface area contributed by atoms with Gasteiger partial charge in [-0.25, -0.2) is 0 Å². The number of hydrogen-bond acceptors (Lipinski definition) is 5. The number of benzene rings is 2. The molecule has 6 N–H and O–H groups in total. The average Bonchev–Trinajstić information content (AvgIpc) is 3.37. The van der Waals surface area contributed by atoms with E-state index in [-0.39, 0.29) is 18.3 Å². The zero-order valence-corrected chi connectivity index (χ0v) is 21.9. The molecule has 1 aliphatic carbocycles. The second-order valence-corrected chi connectivity index (χ2v) is 10.8. The number of amides is 2. The summed E-state index contributed by atoms with van der Waals surface area (Å²) in [5, 5.41) is 25.5. The molecule has 3 aromatic rings. The van der Waals surface area contributed by atoms with Crippen LogP contribution in [0.5, 0.6) is 0 Å². The molecule has 2 unspecified atom stereocenters. The number of piperidine rings is 1. The van der Waals surface area contributed by atoms with Crippen LogP contribution in [0.4, 0.5) is 0 Å². The van der Waals surface area contributed by atoms with Crippen LogP contribution in [0.15, 0.2) is 54.7 Å². The monoisotopic (exact) mass is 526 g/mol. The standard InChI is InChI=1S/C28H34N4O4.ClH/c1-27(2,29)26(36)31-22(15-17-16-30-21-10-6-4-7-18(17)21)25(35)32-13-11-28(12-14-32)20-9-5-3-8-19(20)23(33)24(28)34;/h3-10,16,22-24,30,33-34H,11-15,29H2,1-2H3,(H,31,36);1H/t22-,23?,24?;/m1./s1. The van der Waals surface area contributed by atoms with Gasteiger partial charge in [0.2, 0.25) is 11.8 Å². The Kier molecular flexibility index (Phi) is 7.41. The number of aliphatic hydroxyl groups excluding tert-OH is 2. The number of halogens is 1. The van der Waals surface area contributed by atoms with Crippen molar-refractivity contribution in [2.75, 3.05) is 13.1 Å². The van der Waals surface area contributed by atoms with Gasteiger partial charge in [0.1, 0.15) is 12.1 Å². The van der Waals surface area contributed by atoms with Gasteiger partial charge in [0.05, 0.1) is 11.6 Å². The van der Waals surface area contributed by atoms with Gasteiger partial charge in [0, 0.05) is 42.0 Å². The molecule has 5 rings (SSSR count). The molecule has 37 heavy (non-hydrogen) atoms. The van der Waals surface area contributed by atoms with Gasteiger partial charge in [0.25, 0.3) is 0 Å². The number of aliphatic hydroxyl groups is 2. The maximum atomic E-state index is 13.8. The second kappa shape index (κ2) is 10.1. The van der Waals surface area contributed by atoms with Gasteiger partial charge in [-0.15, -0.1) is 12.4 Å². The minimum atomic E-state index is -1.13. The van der Waals surface area contributed by atoms with E-state index in [1.165, 1.54) is 0 Å². The third-order valence-corrected chi connectivity index (χ3v) is 7.94. The van der Waals surface area contributed by atoms with Crippen molar-refractivity contribution in [1.29, 1.82) is 0 Å². The van der Waals surface area contributed by atoms with Crippen LogP contribution >= 0.6 is 12.4 Å². The largest absolute Gasteiger partial charge is 0.389 e. The Morgan fingerprint density at radius 2 is 1.78 bits per heavy atom. The molecule has 3 atom stereocenters. The quantitative estimate of drug-likeness (QED) is 0.348. The number of likely N-dealkylation sites (tertiary alicyclic amines) is 1. The lowest BCUT2D eigenvalue weighted by atomic mass is 9.72. The zero-order chi connectivity index (χ0) is 25.7. The third kappa shape index (κ3) is 4.75. The lowest BCUT2D eigenvalue weighted by Crippen LogP contribution is -2.59. The van der Waals surface area contributed by atoms with Crippen LogP contribution in [0.1, 0.15) is 49.5 Å². The molecule has 2 amide bonds. The van der Waals surface area contributed by atoms with Gasteiger partial charge in [-0.3, -0.25) is 9.59 Å². The fraction of sp³-hybridized carbons (Fsp3) is 0.429. The first-order chi connectivity index (χ1) is 17.1. The second-order valence-electron chi connectivity index (χ2n) is 10.8. The highest BCUT2D eigenvalue weighted by Gasteiger charge is 2.52. The summed E-state index contributed by atoms with van der Waals surface area (Å²) in [5.74, 6) is -0.563. The highest BCUT2D eigenvalue weighted by Crippen LogP contribution is 2.50. The van der Waals surface area contributed by atoms with E-state index in [2.05, 4.69) is 10.3 Å². The van der Waals surface area contributed by atoms with Crippen molar-refractivity contribution < 1.29 is 19.8 Å². The van der Waals surface area contributed by atoms with Crippen molar-refractivity contribution in [2.24, 2.45) is 5.73 Å². The Morgan fingerprint density at radius 1 is 1.14 bits per heavy atom. The number of H-pyrrole nitrogens is 1. The van der Waals surface area contributed by atoms with Crippen molar-refractivity contribution in [2.45, 2.75) is 62.3 Å². The first-order valence-corrected chi connectivity index (χ1v) is 12.5. The van der Waals surface area contributed by atoms with E-state index in [0.717, 1.165) is 27.6 Å². The summed E-state index contributed by atoms with van der Waals surface area (Å²) in [4.78, 5) is 31.6. The summed E-state index contributed by atoms with van der Waals surface area (Å²) < 4.78 is 0. The third-order valence-electron chi connectivity index (χ3n) is 7.94. The molecule has 9 heteroatoms. The number of nitrogens with one attached hydrogen (secondary N) is 2. The van der Waals surface area contributed by atoms with E-state index >= 15 is 0 Å². The Bertz CT molecular complexity index is 1290. The maximum Gasteiger partial charge on any atom is 0.245 e. The van der Waals surface area contributed by atoms with Crippen molar-refractivity contribution in [3.05, 3.63) is 71.4 Å². The van der Waals surface area contributed by atoms with Crippen LogP contribution in [-0.2, 0) is 21.4 Å². The molecular weight excluding hydrogens is 492 g/mol. The van der Waals surface area contributed by atoms with Crippen LogP contribution in [0.25, 0.3) is 10.9 Å². The number of aromatic amines is 1. The predicted octanol–water partition coefficient (Wildman–Crippen LogP) is 2.32. The molecule has 2 heterocycles. The molecule has 8 nitrogen and oxygen atoms in total. The zero-order valence-electron chi connectivity index (χ0n) is 21.1. The van der Waals surface area contributed by atoms with Crippen LogP contribution in [0.3, 0.4) is 0 Å². The normalized spacial score (nSPS) is 21.4. The number of nitrogens with two attached hydrogens (primary N) is 1. The molecule has 0 bridgehead atoms. The smallest absolute Gasteiger partial charge is 0.245 e. The average molecular weight is 527 g/mol. The first kappa shape index (κ1) is 27.1. The summed E-state index contributed by atoms with van der Waals surface area (Å²) >= 11 is 0.